The summed E-state index contributed by atoms with van der Waals surface area (Å²) in [7, 11) is 0. The van der Waals surface area contributed by atoms with Crippen LogP contribution in [-0.2, 0) is 4.74 Å². The second-order valence-corrected chi connectivity index (χ2v) is 5.25. The molecule has 2 N–H and O–H groups in total. The van der Waals surface area contributed by atoms with Gasteiger partial charge in [-0.1, -0.05) is 0 Å². The molecule has 0 aliphatic carbocycles. The Balaban J connectivity index is 1.70. The van der Waals surface area contributed by atoms with Crippen molar-refractivity contribution in [2.45, 2.75) is 38.1 Å². The molecule has 15 heavy (non-hydrogen) atoms. The Morgan fingerprint density at radius 1 is 1.27 bits per heavy atom. The Labute approximate surface area is 93.0 Å². The molecule has 0 radical (unpaired) electrons. The van der Waals surface area contributed by atoms with E-state index in [1.807, 2.05) is 0 Å². The number of ether oxygens (including phenoxy) is 1. The van der Waals surface area contributed by atoms with E-state index in [1.54, 1.807) is 0 Å². The van der Waals surface area contributed by atoms with E-state index in [1.165, 1.54) is 32.5 Å². The first-order valence-corrected chi connectivity index (χ1v) is 6.32. The molecule has 2 rings (SSSR count). The van der Waals surface area contributed by atoms with Crippen LogP contribution in [0.5, 0.6) is 0 Å². The molecule has 0 spiro atoms. The molecule has 2 fully saturated rings. The third-order valence-corrected chi connectivity index (χ3v) is 3.87. The van der Waals surface area contributed by atoms with E-state index >= 15 is 0 Å². The molecule has 0 unspecified atom stereocenters. The Bertz CT molecular complexity index is 184. The van der Waals surface area contributed by atoms with Crippen LogP contribution in [0.4, 0.5) is 0 Å². The lowest BCUT2D eigenvalue weighted by Gasteiger charge is -2.36. The predicted octanol–water partition coefficient (Wildman–Crippen LogP) is 1.14. The molecule has 2 saturated heterocycles. The predicted molar refractivity (Wildman–Crippen MR) is 62.1 cm³/mol. The molecule has 0 aromatic rings. The summed E-state index contributed by atoms with van der Waals surface area (Å²) in [4.78, 5) is 0. The van der Waals surface area contributed by atoms with Gasteiger partial charge < -0.3 is 15.4 Å². The van der Waals surface area contributed by atoms with Gasteiger partial charge in [0.05, 0.1) is 0 Å². The summed E-state index contributed by atoms with van der Waals surface area (Å²) < 4.78 is 5.41. The van der Waals surface area contributed by atoms with E-state index < -0.39 is 0 Å². The van der Waals surface area contributed by atoms with Crippen LogP contribution in [0.1, 0.15) is 32.6 Å². The maximum Gasteiger partial charge on any atom is 0.0483 e. The topological polar surface area (TPSA) is 33.3 Å². The van der Waals surface area contributed by atoms with Crippen molar-refractivity contribution in [3.63, 3.8) is 0 Å². The summed E-state index contributed by atoms with van der Waals surface area (Å²) in [5, 5.41) is 7.17. The summed E-state index contributed by atoms with van der Waals surface area (Å²) in [6.07, 6.45) is 5.00. The molecular weight excluding hydrogens is 188 g/mol. The van der Waals surface area contributed by atoms with Crippen LogP contribution in [0.3, 0.4) is 0 Å². The molecule has 0 amide bonds. The largest absolute Gasteiger partial charge is 0.381 e. The van der Waals surface area contributed by atoms with Crippen LogP contribution in [0, 0.1) is 5.92 Å². The zero-order valence-electron chi connectivity index (χ0n) is 9.85. The van der Waals surface area contributed by atoms with Crippen molar-refractivity contribution in [1.82, 2.24) is 10.6 Å². The van der Waals surface area contributed by atoms with Crippen LogP contribution in [0.2, 0.25) is 0 Å². The summed E-state index contributed by atoms with van der Waals surface area (Å²) >= 11 is 0. The van der Waals surface area contributed by atoms with Gasteiger partial charge in [0, 0.05) is 18.8 Å². The lowest BCUT2D eigenvalue weighted by molar-refractivity contribution is 0.0431. The van der Waals surface area contributed by atoms with Crippen molar-refractivity contribution in [3.05, 3.63) is 0 Å². The zero-order valence-corrected chi connectivity index (χ0v) is 9.85. The van der Waals surface area contributed by atoms with Gasteiger partial charge in [0.2, 0.25) is 0 Å². The summed E-state index contributed by atoms with van der Waals surface area (Å²) in [5.41, 5.74) is 0.336. The normalized spacial score (nSPS) is 27.8. The van der Waals surface area contributed by atoms with E-state index in [2.05, 4.69) is 17.6 Å². The molecule has 0 bridgehead atoms. The maximum absolute atomic E-state index is 5.41. The lowest BCUT2D eigenvalue weighted by Crippen LogP contribution is -2.49. The second-order valence-electron chi connectivity index (χ2n) is 5.25. The van der Waals surface area contributed by atoms with E-state index in [9.17, 15) is 0 Å². The molecule has 0 saturated carbocycles. The molecule has 0 atom stereocenters. The van der Waals surface area contributed by atoms with Gasteiger partial charge in [-0.25, -0.2) is 0 Å². The fourth-order valence-corrected chi connectivity index (χ4v) is 2.48. The minimum atomic E-state index is 0.336. The maximum atomic E-state index is 5.41. The first-order chi connectivity index (χ1) is 7.29. The van der Waals surface area contributed by atoms with Crippen molar-refractivity contribution in [2.75, 3.05) is 32.8 Å². The van der Waals surface area contributed by atoms with E-state index in [0.717, 1.165) is 32.0 Å². The van der Waals surface area contributed by atoms with E-state index in [0.29, 0.717) is 5.54 Å². The van der Waals surface area contributed by atoms with E-state index in [4.69, 9.17) is 4.74 Å². The zero-order chi connectivity index (χ0) is 10.6. The number of hydrogen-bond acceptors (Lipinski definition) is 3. The highest BCUT2D eigenvalue weighted by atomic mass is 16.5. The first-order valence-electron chi connectivity index (χ1n) is 6.32. The third kappa shape index (κ3) is 3.44. The highest BCUT2D eigenvalue weighted by molar-refractivity contribution is 4.86. The molecule has 2 heterocycles. The lowest BCUT2D eigenvalue weighted by atomic mass is 9.90. The van der Waals surface area contributed by atoms with Gasteiger partial charge in [-0.15, -0.1) is 0 Å². The number of piperidine rings is 1. The Morgan fingerprint density at radius 3 is 2.60 bits per heavy atom. The standard InChI is InChI=1S/C12H24N2O/c1-12(4-8-15-9-5-12)14-10-11-2-6-13-7-3-11/h11,13-14H,2-10H2,1H3. The van der Waals surface area contributed by atoms with Crippen molar-refractivity contribution >= 4 is 0 Å². The molecular formula is C12H24N2O. The summed E-state index contributed by atoms with van der Waals surface area (Å²) in [5.74, 6) is 0.880. The third-order valence-electron chi connectivity index (χ3n) is 3.87. The van der Waals surface area contributed by atoms with Gasteiger partial charge in [-0.2, -0.15) is 0 Å². The average Bonchev–Trinajstić information content (AvgIpc) is 2.29. The number of rotatable bonds is 3. The highest BCUT2D eigenvalue weighted by Crippen LogP contribution is 2.21. The van der Waals surface area contributed by atoms with Crippen LogP contribution < -0.4 is 10.6 Å². The molecule has 2 aliphatic rings. The minimum Gasteiger partial charge on any atom is -0.381 e. The van der Waals surface area contributed by atoms with Gasteiger partial charge in [0.25, 0.3) is 0 Å². The van der Waals surface area contributed by atoms with Crippen LogP contribution in [-0.4, -0.2) is 38.4 Å². The first kappa shape index (κ1) is 11.4. The Hall–Kier alpha value is -0.120. The monoisotopic (exact) mass is 212 g/mol. The van der Waals surface area contributed by atoms with Gasteiger partial charge in [-0.05, 0) is 58.2 Å². The SMILES string of the molecule is CC1(NCC2CCNCC2)CCOCC1. The Morgan fingerprint density at radius 2 is 1.93 bits per heavy atom. The smallest absolute Gasteiger partial charge is 0.0483 e. The molecule has 88 valence electrons. The summed E-state index contributed by atoms with van der Waals surface area (Å²) in [6, 6.07) is 0. The average molecular weight is 212 g/mol. The summed E-state index contributed by atoms with van der Waals surface area (Å²) in [6.45, 7) is 7.79. The quantitative estimate of drug-likeness (QED) is 0.736. The molecule has 0 aromatic heterocycles. The molecule has 0 aromatic carbocycles. The highest BCUT2D eigenvalue weighted by Gasteiger charge is 2.27. The van der Waals surface area contributed by atoms with Crippen LogP contribution in [0.15, 0.2) is 0 Å². The van der Waals surface area contributed by atoms with Crippen molar-refractivity contribution in [2.24, 2.45) is 5.92 Å². The fourth-order valence-electron chi connectivity index (χ4n) is 2.48. The van der Waals surface area contributed by atoms with Gasteiger partial charge >= 0.3 is 0 Å². The van der Waals surface area contributed by atoms with Crippen LogP contribution in [0.25, 0.3) is 0 Å². The minimum absolute atomic E-state index is 0.336. The number of hydrogen-bond donors (Lipinski definition) is 2. The van der Waals surface area contributed by atoms with E-state index in [-0.39, 0.29) is 0 Å². The van der Waals surface area contributed by atoms with Gasteiger partial charge in [-0.3, -0.25) is 0 Å². The fraction of sp³-hybridized carbons (Fsp3) is 1.00. The molecule has 3 heteroatoms. The van der Waals surface area contributed by atoms with Crippen molar-refractivity contribution in [1.29, 1.82) is 0 Å². The van der Waals surface area contributed by atoms with Gasteiger partial charge in [0.1, 0.15) is 0 Å². The second kappa shape index (κ2) is 5.28. The molecule has 3 nitrogen and oxygen atoms in total. The van der Waals surface area contributed by atoms with Crippen molar-refractivity contribution < 1.29 is 4.74 Å². The van der Waals surface area contributed by atoms with Gasteiger partial charge in [0.15, 0.2) is 0 Å². The Kier molecular flexibility index (Phi) is 4.00. The van der Waals surface area contributed by atoms with Crippen molar-refractivity contribution in [3.8, 4) is 0 Å². The number of nitrogens with one attached hydrogen (secondary N) is 2. The van der Waals surface area contributed by atoms with Crippen LogP contribution >= 0.6 is 0 Å². The molecule has 2 aliphatic heterocycles.